The molecule has 16 heavy (non-hydrogen) atoms. The number of benzene rings is 1. The molecule has 84 valence electrons. The lowest BCUT2D eigenvalue weighted by atomic mass is 10.1. The first-order valence-electron chi connectivity index (χ1n) is 3.96. The molecule has 0 aliphatic heterocycles. The third kappa shape index (κ3) is 2.86. The van der Waals surface area contributed by atoms with Crippen LogP contribution in [-0.2, 0) is 4.79 Å². The van der Waals surface area contributed by atoms with Gasteiger partial charge in [0.15, 0.2) is 0 Å². The standard InChI is InChI=1S/C9H5BrFNO4/c10-7-3-5(11)4-8(12(15)16)6(7)1-2-9(13)14/h1-4H,(H,13,14)/b2-1+. The second kappa shape index (κ2) is 4.84. The van der Waals surface area contributed by atoms with Crippen LogP contribution in [0, 0.1) is 15.9 Å². The second-order valence-corrected chi connectivity index (χ2v) is 3.60. The van der Waals surface area contributed by atoms with Crippen molar-refractivity contribution in [2.75, 3.05) is 0 Å². The number of carbonyl (C=O) groups is 1. The zero-order valence-electron chi connectivity index (χ0n) is 7.68. The first kappa shape index (κ1) is 12.3. The maximum atomic E-state index is 12.9. The molecular formula is C9H5BrFNO4. The molecule has 0 radical (unpaired) electrons. The van der Waals surface area contributed by atoms with Crippen LogP contribution in [0.1, 0.15) is 5.56 Å². The van der Waals surface area contributed by atoms with Crippen LogP contribution in [0.2, 0.25) is 0 Å². The second-order valence-electron chi connectivity index (χ2n) is 2.75. The highest BCUT2D eigenvalue weighted by atomic mass is 79.9. The van der Waals surface area contributed by atoms with E-state index >= 15 is 0 Å². The largest absolute Gasteiger partial charge is 0.478 e. The predicted molar refractivity (Wildman–Crippen MR) is 57.4 cm³/mol. The van der Waals surface area contributed by atoms with Crippen molar-refractivity contribution in [1.82, 2.24) is 0 Å². The molecule has 1 N–H and O–H groups in total. The Morgan fingerprint density at radius 3 is 2.69 bits per heavy atom. The molecule has 1 aromatic rings. The smallest absolute Gasteiger partial charge is 0.328 e. The summed E-state index contributed by atoms with van der Waals surface area (Å²) in [5, 5.41) is 19.0. The van der Waals surface area contributed by atoms with Gasteiger partial charge in [0.1, 0.15) is 5.82 Å². The first-order valence-corrected chi connectivity index (χ1v) is 4.75. The molecule has 0 aliphatic rings. The van der Waals surface area contributed by atoms with Gasteiger partial charge in [-0.1, -0.05) is 0 Å². The van der Waals surface area contributed by atoms with E-state index in [1.807, 2.05) is 0 Å². The fourth-order valence-corrected chi connectivity index (χ4v) is 1.60. The average Bonchev–Trinajstić information content (AvgIpc) is 2.14. The van der Waals surface area contributed by atoms with Crippen molar-refractivity contribution in [2.45, 2.75) is 0 Å². The summed E-state index contributed by atoms with van der Waals surface area (Å²) in [5.74, 6) is -2.02. The normalized spacial score (nSPS) is 10.6. The number of nitro benzene ring substituents is 1. The summed E-state index contributed by atoms with van der Waals surface area (Å²) in [6.45, 7) is 0. The zero-order valence-corrected chi connectivity index (χ0v) is 9.27. The summed E-state index contributed by atoms with van der Waals surface area (Å²) in [4.78, 5) is 20.1. The highest BCUT2D eigenvalue weighted by molar-refractivity contribution is 9.10. The summed E-state index contributed by atoms with van der Waals surface area (Å²) >= 11 is 2.93. The number of carboxylic acid groups (broad SMARTS) is 1. The van der Waals surface area contributed by atoms with Gasteiger partial charge in [-0.3, -0.25) is 10.1 Å². The van der Waals surface area contributed by atoms with Gasteiger partial charge < -0.3 is 5.11 Å². The summed E-state index contributed by atoms with van der Waals surface area (Å²) in [6, 6.07) is 1.75. The molecule has 0 aliphatic carbocycles. The van der Waals surface area contributed by atoms with Gasteiger partial charge in [-0.2, -0.15) is 0 Å². The SMILES string of the molecule is O=C(O)/C=C/c1c(Br)cc(F)cc1[N+](=O)[O-]. The molecule has 1 rings (SSSR count). The van der Waals surface area contributed by atoms with Crippen molar-refractivity contribution < 1.29 is 19.2 Å². The van der Waals surface area contributed by atoms with Gasteiger partial charge in [-0.15, -0.1) is 0 Å². The number of hydrogen-bond donors (Lipinski definition) is 1. The zero-order chi connectivity index (χ0) is 12.3. The number of nitro groups is 1. The minimum atomic E-state index is -1.24. The van der Waals surface area contributed by atoms with E-state index in [2.05, 4.69) is 15.9 Å². The van der Waals surface area contributed by atoms with Crippen LogP contribution in [0.3, 0.4) is 0 Å². The third-order valence-electron chi connectivity index (χ3n) is 1.66. The fraction of sp³-hybridized carbons (Fsp3) is 0. The lowest BCUT2D eigenvalue weighted by Gasteiger charge is -2.00. The maximum Gasteiger partial charge on any atom is 0.328 e. The lowest BCUT2D eigenvalue weighted by Crippen LogP contribution is -1.95. The lowest BCUT2D eigenvalue weighted by molar-refractivity contribution is -0.385. The molecule has 0 amide bonds. The van der Waals surface area contributed by atoms with Gasteiger partial charge in [0.25, 0.3) is 5.69 Å². The van der Waals surface area contributed by atoms with Crippen LogP contribution in [0.5, 0.6) is 0 Å². The molecule has 7 heteroatoms. The first-order chi connectivity index (χ1) is 7.41. The molecule has 0 fully saturated rings. The number of nitrogens with zero attached hydrogens (tertiary/aromatic N) is 1. The maximum absolute atomic E-state index is 12.9. The predicted octanol–water partition coefficient (Wildman–Crippen LogP) is 2.59. The van der Waals surface area contributed by atoms with Gasteiger partial charge in [0.2, 0.25) is 0 Å². The topological polar surface area (TPSA) is 80.4 Å². The fourth-order valence-electron chi connectivity index (χ4n) is 1.04. The van der Waals surface area contributed by atoms with Gasteiger partial charge >= 0.3 is 5.97 Å². The van der Waals surface area contributed by atoms with Gasteiger partial charge in [0.05, 0.1) is 16.6 Å². The third-order valence-corrected chi connectivity index (χ3v) is 2.32. The quantitative estimate of drug-likeness (QED) is 0.527. The van der Waals surface area contributed by atoms with E-state index < -0.39 is 22.4 Å². The Bertz CT molecular complexity index is 487. The number of rotatable bonds is 3. The van der Waals surface area contributed by atoms with Crippen LogP contribution in [0.25, 0.3) is 6.08 Å². The highest BCUT2D eigenvalue weighted by Gasteiger charge is 2.16. The van der Waals surface area contributed by atoms with Crippen LogP contribution in [0.4, 0.5) is 10.1 Å². The van der Waals surface area contributed by atoms with E-state index in [-0.39, 0.29) is 10.0 Å². The van der Waals surface area contributed by atoms with Crippen molar-refractivity contribution in [2.24, 2.45) is 0 Å². The van der Waals surface area contributed by atoms with E-state index in [1.54, 1.807) is 0 Å². The summed E-state index contributed by atoms with van der Waals surface area (Å²) < 4.78 is 13.0. The Morgan fingerprint density at radius 1 is 1.56 bits per heavy atom. The number of carboxylic acids is 1. The van der Waals surface area contributed by atoms with Crippen molar-refractivity contribution >= 4 is 33.7 Å². The van der Waals surface area contributed by atoms with E-state index in [0.717, 1.165) is 24.3 Å². The van der Waals surface area contributed by atoms with Crippen LogP contribution >= 0.6 is 15.9 Å². The van der Waals surface area contributed by atoms with Crippen molar-refractivity contribution in [3.8, 4) is 0 Å². The van der Waals surface area contributed by atoms with E-state index in [0.29, 0.717) is 0 Å². The Hall–Kier alpha value is -1.76. The van der Waals surface area contributed by atoms with Crippen LogP contribution in [0.15, 0.2) is 22.7 Å². The molecule has 0 saturated heterocycles. The molecular weight excluding hydrogens is 285 g/mol. The monoisotopic (exact) mass is 289 g/mol. The Labute approximate surface area is 97.5 Å². The minimum Gasteiger partial charge on any atom is -0.478 e. The molecule has 0 spiro atoms. The number of aliphatic carboxylic acids is 1. The van der Waals surface area contributed by atoms with Crippen LogP contribution in [-0.4, -0.2) is 16.0 Å². The molecule has 0 bridgehead atoms. The Balaban J connectivity index is 3.35. The molecule has 0 saturated carbocycles. The van der Waals surface area contributed by atoms with Crippen molar-refractivity contribution in [3.05, 3.63) is 44.2 Å². The molecule has 0 aromatic heterocycles. The minimum absolute atomic E-state index is 0.00815. The van der Waals surface area contributed by atoms with E-state index in [1.165, 1.54) is 0 Å². The average molecular weight is 290 g/mol. The van der Waals surface area contributed by atoms with Gasteiger partial charge in [-0.25, -0.2) is 9.18 Å². The highest BCUT2D eigenvalue weighted by Crippen LogP contribution is 2.29. The summed E-state index contributed by atoms with van der Waals surface area (Å²) in [5.41, 5.74) is -0.488. The molecule has 0 atom stereocenters. The van der Waals surface area contributed by atoms with E-state index in [4.69, 9.17) is 5.11 Å². The molecule has 5 nitrogen and oxygen atoms in total. The van der Waals surface area contributed by atoms with Gasteiger partial charge in [0, 0.05) is 10.5 Å². The van der Waals surface area contributed by atoms with Gasteiger partial charge in [-0.05, 0) is 28.1 Å². The van der Waals surface area contributed by atoms with Crippen molar-refractivity contribution in [3.63, 3.8) is 0 Å². The number of hydrogen-bond acceptors (Lipinski definition) is 3. The summed E-state index contributed by atoms with van der Waals surface area (Å²) in [6.07, 6.45) is 1.77. The Morgan fingerprint density at radius 2 is 2.19 bits per heavy atom. The Kier molecular flexibility index (Phi) is 3.73. The van der Waals surface area contributed by atoms with Crippen LogP contribution < -0.4 is 0 Å². The molecule has 0 heterocycles. The van der Waals surface area contributed by atoms with Crippen molar-refractivity contribution in [1.29, 1.82) is 0 Å². The number of halogens is 2. The van der Waals surface area contributed by atoms with E-state index in [9.17, 15) is 19.3 Å². The molecule has 0 unspecified atom stereocenters. The summed E-state index contributed by atoms with van der Waals surface area (Å²) in [7, 11) is 0. The molecule has 1 aromatic carbocycles.